The van der Waals surface area contributed by atoms with Gasteiger partial charge in [-0.2, -0.15) is 0 Å². The van der Waals surface area contributed by atoms with Crippen molar-refractivity contribution in [1.82, 2.24) is 19.8 Å². The molecule has 0 amide bonds. The number of aromatic nitrogens is 2. The Morgan fingerprint density at radius 3 is 2.85 bits per heavy atom. The molecule has 3 atom stereocenters. The zero-order valence-corrected chi connectivity index (χ0v) is 15.7. The van der Waals surface area contributed by atoms with E-state index in [-0.39, 0.29) is 0 Å². The zero-order chi connectivity index (χ0) is 17.9. The molecule has 0 saturated carbocycles. The minimum absolute atomic E-state index is 0.362. The number of pyridine rings is 2. The Bertz CT molecular complexity index is 723. The molecule has 5 nitrogen and oxygen atoms in total. The first-order valence-electron chi connectivity index (χ1n) is 9.53. The summed E-state index contributed by atoms with van der Waals surface area (Å²) in [7, 11) is 1.86. The van der Waals surface area contributed by atoms with Crippen LogP contribution in [0.2, 0.25) is 0 Å². The number of ether oxygens (including phenoxy) is 1. The van der Waals surface area contributed by atoms with E-state index in [1.807, 2.05) is 25.6 Å². The van der Waals surface area contributed by atoms with Crippen LogP contribution in [-0.4, -0.2) is 58.7 Å². The van der Waals surface area contributed by atoms with Gasteiger partial charge in [0.1, 0.15) is 0 Å². The maximum atomic E-state index is 5.84. The number of rotatable bonds is 5. The van der Waals surface area contributed by atoms with Gasteiger partial charge >= 0.3 is 0 Å². The lowest BCUT2D eigenvalue weighted by Gasteiger charge is -2.41. The molecule has 2 saturated heterocycles. The summed E-state index contributed by atoms with van der Waals surface area (Å²) in [5.41, 5.74) is 3.55. The molecule has 0 aromatic carbocycles. The number of nitrogens with zero attached hydrogens (tertiary/aromatic N) is 4. The van der Waals surface area contributed by atoms with E-state index < -0.39 is 0 Å². The van der Waals surface area contributed by atoms with Gasteiger partial charge in [-0.25, -0.2) is 0 Å². The van der Waals surface area contributed by atoms with E-state index in [9.17, 15) is 0 Å². The summed E-state index contributed by atoms with van der Waals surface area (Å²) in [5.74, 6) is 0.565. The van der Waals surface area contributed by atoms with Crippen LogP contribution in [0.5, 0.6) is 0 Å². The van der Waals surface area contributed by atoms with Gasteiger partial charge in [-0.3, -0.25) is 19.8 Å². The second-order valence-electron chi connectivity index (χ2n) is 7.59. The lowest BCUT2D eigenvalue weighted by Crippen LogP contribution is -2.50. The number of hydrogen-bond donors (Lipinski definition) is 0. The Morgan fingerprint density at radius 2 is 2.08 bits per heavy atom. The van der Waals surface area contributed by atoms with E-state index >= 15 is 0 Å². The van der Waals surface area contributed by atoms with Crippen LogP contribution in [0.25, 0.3) is 0 Å². The summed E-state index contributed by atoms with van der Waals surface area (Å²) in [5, 5.41) is 0. The van der Waals surface area contributed by atoms with E-state index in [0.717, 1.165) is 44.8 Å². The van der Waals surface area contributed by atoms with Gasteiger partial charge in [-0.1, -0.05) is 12.1 Å². The average molecular weight is 352 g/mol. The molecule has 2 aliphatic rings. The third-order valence-electron chi connectivity index (χ3n) is 5.80. The van der Waals surface area contributed by atoms with Crippen LogP contribution in [0.1, 0.15) is 23.4 Å². The Hall–Kier alpha value is -1.82. The molecule has 2 aromatic rings. The van der Waals surface area contributed by atoms with E-state index in [0.29, 0.717) is 18.1 Å². The maximum absolute atomic E-state index is 5.84. The average Bonchev–Trinajstić information content (AvgIpc) is 3.07. The molecule has 0 spiro atoms. The highest BCUT2D eigenvalue weighted by molar-refractivity contribution is 5.12. The third-order valence-corrected chi connectivity index (χ3v) is 5.80. The molecule has 0 bridgehead atoms. The fraction of sp³-hybridized carbons (Fsp3) is 0.524. The van der Waals surface area contributed by atoms with Crippen LogP contribution in [0.3, 0.4) is 0 Å². The number of aryl methyl sites for hydroxylation is 1. The number of hydrogen-bond acceptors (Lipinski definition) is 5. The standard InChI is InChI=1S/C21H28N4O/c1-16-5-3-7-18(23-16)13-25-10-8-21(26-2)19-14-24(15-20(19)25)12-17-6-4-9-22-11-17/h3-7,9,11,19-21H,8,10,12-15H2,1-2H3/t19-,20+,21-/m1/s1. The van der Waals surface area contributed by atoms with E-state index in [1.54, 1.807) is 0 Å². The van der Waals surface area contributed by atoms with Crippen LogP contribution in [-0.2, 0) is 17.8 Å². The van der Waals surface area contributed by atoms with Crippen molar-refractivity contribution in [3.05, 3.63) is 59.7 Å². The molecule has 2 aromatic heterocycles. The molecule has 0 unspecified atom stereocenters. The lowest BCUT2D eigenvalue weighted by molar-refractivity contribution is -0.0248. The Labute approximate surface area is 156 Å². The molecule has 0 N–H and O–H groups in total. The molecular weight excluding hydrogens is 324 g/mol. The van der Waals surface area contributed by atoms with Gasteiger partial charge in [0.2, 0.25) is 0 Å². The highest BCUT2D eigenvalue weighted by atomic mass is 16.5. The van der Waals surface area contributed by atoms with Crippen molar-refractivity contribution in [3.63, 3.8) is 0 Å². The predicted octanol–water partition coefficient (Wildman–Crippen LogP) is 2.51. The summed E-state index contributed by atoms with van der Waals surface area (Å²) in [6.07, 6.45) is 5.28. The predicted molar refractivity (Wildman–Crippen MR) is 102 cm³/mol. The molecule has 26 heavy (non-hydrogen) atoms. The van der Waals surface area contributed by atoms with Crippen LogP contribution >= 0.6 is 0 Å². The summed E-state index contributed by atoms with van der Waals surface area (Å²) in [6, 6.07) is 11.0. The van der Waals surface area contributed by atoms with Crippen molar-refractivity contribution < 1.29 is 4.74 Å². The van der Waals surface area contributed by atoms with Gasteiger partial charge < -0.3 is 4.74 Å². The third kappa shape index (κ3) is 3.80. The second kappa shape index (κ2) is 7.82. The van der Waals surface area contributed by atoms with Crippen molar-refractivity contribution in [1.29, 1.82) is 0 Å². The van der Waals surface area contributed by atoms with E-state index in [4.69, 9.17) is 9.72 Å². The minimum atomic E-state index is 0.362. The molecule has 5 heteroatoms. The Balaban J connectivity index is 1.48. The van der Waals surface area contributed by atoms with Crippen LogP contribution in [0, 0.1) is 12.8 Å². The Kier molecular flexibility index (Phi) is 5.29. The van der Waals surface area contributed by atoms with Crippen molar-refractivity contribution in [3.8, 4) is 0 Å². The fourth-order valence-electron chi connectivity index (χ4n) is 4.58. The maximum Gasteiger partial charge on any atom is 0.0639 e. The highest BCUT2D eigenvalue weighted by Gasteiger charge is 2.44. The van der Waals surface area contributed by atoms with E-state index in [2.05, 4.69) is 46.0 Å². The monoisotopic (exact) mass is 352 g/mol. The highest BCUT2D eigenvalue weighted by Crippen LogP contribution is 2.33. The number of piperidine rings is 1. The first kappa shape index (κ1) is 17.6. The first-order chi connectivity index (χ1) is 12.7. The van der Waals surface area contributed by atoms with Crippen LogP contribution in [0.15, 0.2) is 42.7 Å². The largest absolute Gasteiger partial charge is 0.381 e. The quantitative estimate of drug-likeness (QED) is 0.827. The van der Waals surface area contributed by atoms with Gasteiger partial charge in [-0.05, 0) is 37.1 Å². The van der Waals surface area contributed by atoms with Crippen LogP contribution in [0.4, 0.5) is 0 Å². The van der Waals surface area contributed by atoms with Gasteiger partial charge in [0, 0.05) is 69.9 Å². The number of likely N-dealkylation sites (tertiary alicyclic amines) is 2. The lowest BCUT2D eigenvalue weighted by atomic mass is 9.89. The van der Waals surface area contributed by atoms with Gasteiger partial charge in [0.25, 0.3) is 0 Å². The minimum Gasteiger partial charge on any atom is -0.381 e. The zero-order valence-electron chi connectivity index (χ0n) is 15.7. The number of fused-ring (bicyclic) bond motifs is 1. The molecule has 138 valence electrons. The van der Waals surface area contributed by atoms with E-state index in [1.165, 1.54) is 11.3 Å². The summed E-state index contributed by atoms with van der Waals surface area (Å²) < 4.78 is 5.84. The summed E-state index contributed by atoms with van der Waals surface area (Å²) in [4.78, 5) is 14.1. The molecular formula is C21H28N4O. The summed E-state index contributed by atoms with van der Waals surface area (Å²) >= 11 is 0. The smallest absolute Gasteiger partial charge is 0.0639 e. The van der Waals surface area contributed by atoms with Gasteiger partial charge in [0.15, 0.2) is 0 Å². The molecule has 0 radical (unpaired) electrons. The molecule has 4 heterocycles. The molecule has 4 rings (SSSR count). The topological polar surface area (TPSA) is 41.5 Å². The van der Waals surface area contributed by atoms with Gasteiger partial charge in [0.05, 0.1) is 11.8 Å². The normalized spacial score (nSPS) is 26.8. The first-order valence-corrected chi connectivity index (χ1v) is 9.53. The summed E-state index contributed by atoms with van der Waals surface area (Å²) in [6.45, 7) is 7.22. The van der Waals surface area contributed by atoms with Crippen molar-refractivity contribution in [2.24, 2.45) is 5.92 Å². The second-order valence-corrected chi connectivity index (χ2v) is 7.59. The number of methoxy groups -OCH3 is 1. The fourth-order valence-corrected chi connectivity index (χ4v) is 4.58. The van der Waals surface area contributed by atoms with Crippen molar-refractivity contribution in [2.45, 2.75) is 38.6 Å². The van der Waals surface area contributed by atoms with Crippen molar-refractivity contribution in [2.75, 3.05) is 26.7 Å². The van der Waals surface area contributed by atoms with Gasteiger partial charge in [-0.15, -0.1) is 0 Å². The Morgan fingerprint density at radius 1 is 1.15 bits per heavy atom. The SMILES string of the molecule is CO[C@@H]1CCN(Cc2cccc(C)n2)[C@H]2CN(Cc3cccnc3)C[C@@H]12. The van der Waals surface area contributed by atoms with Crippen molar-refractivity contribution >= 4 is 0 Å². The molecule has 2 aliphatic heterocycles. The van der Waals surface area contributed by atoms with Crippen LogP contribution < -0.4 is 0 Å². The molecule has 0 aliphatic carbocycles. The molecule has 2 fully saturated rings.